The van der Waals surface area contributed by atoms with Gasteiger partial charge in [-0.15, -0.1) is 11.8 Å². The number of nitrogens with two attached hydrogens (primary N) is 1. The number of anilines is 1. The molecule has 0 amide bonds. The van der Waals surface area contributed by atoms with Crippen LogP contribution in [-0.4, -0.2) is 46.7 Å². The molecule has 13 heteroatoms. The number of alkyl halides is 3. The zero-order valence-corrected chi connectivity index (χ0v) is 20.5. The first-order valence-electron chi connectivity index (χ1n) is 10.5. The normalized spacial score (nSPS) is 16.1. The number of halogens is 3. The Morgan fingerprint density at radius 3 is 2.29 bits per heavy atom. The molecule has 7 nitrogen and oxygen atoms in total. The molecule has 188 valence electrons. The van der Waals surface area contributed by atoms with Gasteiger partial charge in [-0.2, -0.15) is 13.2 Å². The second-order valence-corrected chi connectivity index (χ2v) is 12.6. The van der Waals surface area contributed by atoms with Crippen molar-refractivity contribution in [3.8, 4) is 0 Å². The molecule has 0 unspecified atom stereocenters. The van der Waals surface area contributed by atoms with Crippen LogP contribution in [0.25, 0.3) is 0 Å². The van der Waals surface area contributed by atoms with Crippen molar-refractivity contribution in [3.05, 3.63) is 48.5 Å². The molecule has 1 atom stereocenters. The molecule has 1 fully saturated rings. The number of sulfone groups is 1. The van der Waals surface area contributed by atoms with E-state index >= 15 is 0 Å². The van der Waals surface area contributed by atoms with Crippen LogP contribution in [0.5, 0.6) is 0 Å². The molecule has 34 heavy (non-hydrogen) atoms. The summed E-state index contributed by atoms with van der Waals surface area (Å²) >= 11 is 1.47. The Morgan fingerprint density at radius 2 is 1.74 bits per heavy atom. The molecule has 0 saturated heterocycles. The van der Waals surface area contributed by atoms with E-state index in [-0.39, 0.29) is 5.69 Å². The number of nitrogens with one attached hydrogen (secondary N) is 2. The summed E-state index contributed by atoms with van der Waals surface area (Å²) in [5, 5.41) is 11.3. The van der Waals surface area contributed by atoms with Crippen LogP contribution in [0, 0.1) is 0 Å². The number of hydrogen-bond donors (Lipinski definition) is 3. The molecule has 2 aromatic rings. The third-order valence-electron chi connectivity index (χ3n) is 5.46. The maximum absolute atomic E-state index is 13.4. The first-order valence-corrected chi connectivity index (χ1v) is 14.6. The van der Waals surface area contributed by atoms with Gasteiger partial charge in [-0.1, -0.05) is 24.6 Å². The summed E-state index contributed by atoms with van der Waals surface area (Å²) in [6.07, 6.45) is 3.80. The lowest BCUT2D eigenvalue weighted by Gasteiger charge is -2.28. The fourth-order valence-corrected chi connectivity index (χ4v) is 5.91. The van der Waals surface area contributed by atoms with Gasteiger partial charge in [0.05, 0.1) is 10.6 Å². The Morgan fingerprint density at radius 1 is 1.06 bits per heavy atom. The van der Waals surface area contributed by atoms with Gasteiger partial charge in [0.1, 0.15) is 4.90 Å². The Balaban J connectivity index is 1.88. The average molecular weight is 538 g/mol. The van der Waals surface area contributed by atoms with Gasteiger partial charge in [0.2, 0.25) is 10.0 Å². The first-order chi connectivity index (χ1) is 15.9. The van der Waals surface area contributed by atoms with E-state index in [2.05, 4.69) is 10.6 Å². The minimum atomic E-state index is -5.84. The van der Waals surface area contributed by atoms with Crippen molar-refractivity contribution in [2.45, 2.75) is 58.0 Å². The van der Waals surface area contributed by atoms with E-state index in [4.69, 9.17) is 5.14 Å². The first kappa shape index (κ1) is 26.8. The van der Waals surface area contributed by atoms with Gasteiger partial charge >= 0.3 is 5.51 Å². The van der Waals surface area contributed by atoms with Crippen molar-refractivity contribution < 1.29 is 30.0 Å². The van der Waals surface area contributed by atoms with E-state index in [1.165, 1.54) is 11.8 Å². The van der Waals surface area contributed by atoms with E-state index in [1.54, 1.807) is 0 Å². The predicted octanol–water partition coefficient (Wildman–Crippen LogP) is 3.73. The number of hydrogen-bond acceptors (Lipinski definition) is 7. The van der Waals surface area contributed by atoms with Gasteiger partial charge in [-0.05, 0) is 56.1 Å². The third kappa shape index (κ3) is 6.87. The highest BCUT2D eigenvalue weighted by Gasteiger charge is 2.48. The lowest BCUT2D eigenvalue weighted by atomic mass is 9.93. The minimum absolute atomic E-state index is 0.327. The van der Waals surface area contributed by atoms with Crippen molar-refractivity contribution >= 4 is 37.3 Å². The molecule has 1 aliphatic carbocycles. The maximum atomic E-state index is 13.4. The van der Waals surface area contributed by atoms with Gasteiger partial charge in [-0.3, -0.25) is 0 Å². The molecule has 0 heterocycles. The van der Waals surface area contributed by atoms with Gasteiger partial charge < -0.3 is 10.6 Å². The van der Waals surface area contributed by atoms with E-state index in [9.17, 15) is 30.0 Å². The molecule has 0 aliphatic heterocycles. The summed E-state index contributed by atoms with van der Waals surface area (Å²) in [5.41, 5.74) is -5.94. The van der Waals surface area contributed by atoms with E-state index < -0.39 is 41.2 Å². The monoisotopic (exact) mass is 537 g/mol. The molecule has 0 bridgehead atoms. The van der Waals surface area contributed by atoms with E-state index in [0.29, 0.717) is 30.8 Å². The van der Waals surface area contributed by atoms with Crippen molar-refractivity contribution in [3.63, 3.8) is 0 Å². The van der Waals surface area contributed by atoms with Crippen molar-refractivity contribution in [1.29, 1.82) is 0 Å². The lowest BCUT2D eigenvalue weighted by Crippen LogP contribution is -2.38. The summed E-state index contributed by atoms with van der Waals surface area (Å²) < 4.78 is 87.9. The van der Waals surface area contributed by atoms with Crippen molar-refractivity contribution in [2.75, 3.05) is 17.6 Å². The molecule has 0 aromatic heterocycles. The quantitative estimate of drug-likeness (QED) is 0.374. The van der Waals surface area contributed by atoms with Crippen LogP contribution < -0.4 is 15.8 Å². The SMILES string of the molecule is NS(=O)(=O)c1ccc(N[C@H](CCNC2CCC2)CSc2ccccc2)c(S(=O)(=O)C(F)(F)F)c1. The van der Waals surface area contributed by atoms with Crippen molar-refractivity contribution in [2.24, 2.45) is 5.14 Å². The van der Waals surface area contributed by atoms with Gasteiger partial charge in [-0.25, -0.2) is 22.0 Å². The number of primary sulfonamides is 1. The van der Waals surface area contributed by atoms with Crippen LogP contribution in [0.15, 0.2) is 63.2 Å². The van der Waals surface area contributed by atoms with Crippen LogP contribution in [0.3, 0.4) is 0 Å². The Kier molecular flexibility index (Phi) is 8.56. The molecule has 3 rings (SSSR count). The van der Waals surface area contributed by atoms with Crippen LogP contribution in [0.2, 0.25) is 0 Å². The molecular formula is C21H26F3N3O4S3. The van der Waals surface area contributed by atoms with Gasteiger partial charge in [0, 0.05) is 22.7 Å². The smallest absolute Gasteiger partial charge is 0.380 e. The highest BCUT2D eigenvalue weighted by molar-refractivity contribution is 7.99. The molecule has 0 radical (unpaired) electrons. The molecule has 0 spiro atoms. The van der Waals surface area contributed by atoms with Gasteiger partial charge in [0.15, 0.2) is 0 Å². The number of rotatable bonds is 11. The lowest BCUT2D eigenvalue weighted by molar-refractivity contribution is -0.0435. The van der Waals surface area contributed by atoms with E-state index in [0.717, 1.165) is 36.3 Å². The summed E-state index contributed by atoms with van der Waals surface area (Å²) in [6.45, 7) is 0.592. The number of sulfonamides is 1. The Bertz CT molecular complexity index is 1190. The summed E-state index contributed by atoms with van der Waals surface area (Å²) in [6, 6.07) is 11.9. The average Bonchev–Trinajstić information content (AvgIpc) is 2.72. The predicted molar refractivity (Wildman–Crippen MR) is 126 cm³/mol. The summed E-state index contributed by atoms with van der Waals surface area (Å²) in [4.78, 5) is -0.940. The molecule has 4 N–H and O–H groups in total. The largest absolute Gasteiger partial charge is 0.501 e. The topological polar surface area (TPSA) is 118 Å². The number of thioether (sulfide) groups is 1. The Hall–Kier alpha value is -1.80. The highest BCUT2D eigenvalue weighted by Crippen LogP contribution is 2.36. The molecule has 1 aliphatic rings. The van der Waals surface area contributed by atoms with Crippen LogP contribution in [-0.2, 0) is 19.9 Å². The van der Waals surface area contributed by atoms with Crippen LogP contribution >= 0.6 is 11.8 Å². The standard InChI is InChI=1S/C21H26F3N3O4S3/c22-21(23,24)33(28,29)20-13-18(34(25,30)31)9-10-19(20)27-16(11-12-26-15-5-4-6-15)14-32-17-7-2-1-3-8-17/h1-3,7-10,13,15-16,26-27H,4-6,11-12,14H2,(H2,25,30,31)/t16-/m1/s1. The number of benzene rings is 2. The molecule has 2 aromatic carbocycles. The fourth-order valence-electron chi connectivity index (χ4n) is 3.35. The second-order valence-electron chi connectivity index (χ2n) is 7.99. The summed E-state index contributed by atoms with van der Waals surface area (Å²) in [7, 11) is -10.3. The van der Waals surface area contributed by atoms with Gasteiger partial charge in [0.25, 0.3) is 9.84 Å². The third-order valence-corrected chi connectivity index (χ3v) is 9.07. The zero-order valence-electron chi connectivity index (χ0n) is 18.1. The van der Waals surface area contributed by atoms with Crippen LogP contribution in [0.4, 0.5) is 18.9 Å². The van der Waals surface area contributed by atoms with E-state index in [1.807, 2.05) is 30.3 Å². The molecule has 1 saturated carbocycles. The maximum Gasteiger partial charge on any atom is 0.501 e. The van der Waals surface area contributed by atoms with Crippen LogP contribution in [0.1, 0.15) is 25.7 Å². The minimum Gasteiger partial charge on any atom is -0.380 e. The zero-order chi connectivity index (χ0) is 25.0. The Labute approximate surface area is 201 Å². The summed E-state index contributed by atoms with van der Waals surface area (Å²) in [5.74, 6) is 0.443. The van der Waals surface area contributed by atoms with Crippen molar-refractivity contribution in [1.82, 2.24) is 5.32 Å². The second kappa shape index (κ2) is 10.9. The fraction of sp³-hybridized carbons (Fsp3) is 0.429. The highest BCUT2D eigenvalue weighted by atomic mass is 32.2. The molecular weight excluding hydrogens is 511 g/mol.